The number of hydrogen-bond acceptors (Lipinski definition) is 7. The highest BCUT2D eigenvalue weighted by Gasteiger charge is 2.31. The third-order valence-corrected chi connectivity index (χ3v) is 5.33. The van der Waals surface area contributed by atoms with Crippen LogP contribution in [0.15, 0.2) is 56.8 Å². The summed E-state index contributed by atoms with van der Waals surface area (Å²) in [5.74, 6) is -1.91. The van der Waals surface area contributed by atoms with Crippen molar-refractivity contribution in [2.24, 2.45) is 5.16 Å². The summed E-state index contributed by atoms with van der Waals surface area (Å²) in [5, 5.41) is 6.33. The summed E-state index contributed by atoms with van der Waals surface area (Å²) in [5.41, 5.74) is 3.15. The van der Waals surface area contributed by atoms with Gasteiger partial charge in [-0.1, -0.05) is 17.3 Å². The van der Waals surface area contributed by atoms with Gasteiger partial charge in [0.1, 0.15) is 7.11 Å². The van der Waals surface area contributed by atoms with Gasteiger partial charge in [0.05, 0.1) is 11.7 Å². The number of oxazole rings is 1. The van der Waals surface area contributed by atoms with E-state index in [1.807, 2.05) is 31.2 Å². The van der Waals surface area contributed by atoms with Crippen molar-refractivity contribution in [2.75, 3.05) is 37.0 Å². The highest BCUT2D eigenvalue weighted by atomic mass is 16.6. The van der Waals surface area contributed by atoms with Crippen molar-refractivity contribution in [2.45, 2.75) is 13.0 Å². The molecule has 0 aliphatic carbocycles. The Hall–Kier alpha value is -4.08. The molecule has 2 amide bonds. The lowest BCUT2D eigenvalue weighted by Gasteiger charge is -2.40. The standard InChI is InChI=1S/C22H23N5O5/c1-14-13-26(17-6-3-15(4-7-17)12-23-31-2)9-10-27(14)21(29)20(28)24-16-5-8-18-19(11-16)32-22(30)25-18/h3-8,11-12,14H,9-10,13H2,1-2H3,(H,24,28)(H,25,30)/b23-12+/t14-/m1/s1. The molecule has 32 heavy (non-hydrogen) atoms. The minimum absolute atomic E-state index is 0.151. The van der Waals surface area contributed by atoms with Gasteiger partial charge >= 0.3 is 17.6 Å². The van der Waals surface area contributed by atoms with Gasteiger partial charge in [0, 0.05) is 43.1 Å². The molecule has 1 aliphatic heterocycles. The van der Waals surface area contributed by atoms with E-state index in [1.165, 1.54) is 13.2 Å². The molecule has 0 spiro atoms. The number of aromatic amines is 1. The van der Waals surface area contributed by atoms with Crippen LogP contribution < -0.4 is 16.0 Å². The Labute approximate surface area is 183 Å². The van der Waals surface area contributed by atoms with Gasteiger partial charge in [-0.2, -0.15) is 0 Å². The quantitative estimate of drug-likeness (QED) is 0.365. The zero-order chi connectivity index (χ0) is 22.7. The molecular weight excluding hydrogens is 414 g/mol. The van der Waals surface area contributed by atoms with Crippen LogP contribution in [0.4, 0.5) is 11.4 Å². The van der Waals surface area contributed by atoms with Crippen molar-refractivity contribution in [1.29, 1.82) is 0 Å². The number of benzene rings is 2. The molecule has 1 aromatic heterocycles. The summed E-state index contributed by atoms with van der Waals surface area (Å²) < 4.78 is 4.99. The number of nitrogens with one attached hydrogen (secondary N) is 2. The molecule has 0 unspecified atom stereocenters. The Bertz CT molecular complexity index is 1210. The monoisotopic (exact) mass is 437 g/mol. The molecule has 3 aromatic rings. The van der Waals surface area contributed by atoms with Crippen molar-refractivity contribution >= 4 is 40.5 Å². The zero-order valence-corrected chi connectivity index (χ0v) is 17.7. The van der Waals surface area contributed by atoms with E-state index < -0.39 is 17.6 Å². The zero-order valence-electron chi connectivity index (χ0n) is 17.7. The summed E-state index contributed by atoms with van der Waals surface area (Å²) in [6.45, 7) is 3.55. The Balaban J connectivity index is 1.37. The number of piperazine rings is 1. The lowest BCUT2D eigenvalue weighted by Crippen LogP contribution is -2.56. The fourth-order valence-electron chi connectivity index (χ4n) is 3.72. The van der Waals surface area contributed by atoms with E-state index in [9.17, 15) is 14.4 Å². The fourth-order valence-corrected chi connectivity index (χ4v) is 3.72. The number of fused-ring (bicyclic) bond motifs is 1. The van der Waals surface area contributed by atoms with Gasteiger partial charge in [0.15, 0.2) is 5.58 Å². The van der Waals surface area contributed by atoms with E-state index in [1.54, 1.807) is 23.2 Å². The topological polar surface area (TPSA) is 120 Å². The second-order valence-electron chi connectivity index (χ2n) is 7.48. The van der Waals surface area contributed by atoms with Gasteiger partial charge < -0.3 is 24.4 Å². The first kappa shape index (κ1) is 21.2. The minimum Gasteiger partial charge on any atom is -0.408 e. The maximum Gasteiger partial charge on any atom is 0.417 e. The maximum atomic E-state index is 12.8. The molecule has 0 radical (unpaired) electrons. The van der Waals surface area contributed by atoms with Crippen molar-refractivity contribution < 1.29 is 18.8 Å². The SMILES string of the molecule is CO/N=C/c1ccc(N2CCN(C(=O)C(=O)Nc3ccc4[nH]c(=O)oc4c3)[C@H](C)C2)cc1. The van der Waals surface area contributed by atoms with Gasteiger partial charge in [-0.25, -0.2) is 4.79 Å². The predicted molar refractivity (Wildman–Crippen MR) is 120 cm³/mol. The number of carbonyl (C=O) groups excluding carboxylic acids is 2. The fraction of sp³-hybridized carbons (Fsp3) is 0.273. The molecule has 2 heterocycles. The van der Waals surface area contributed by atoms with E-state index in [-0.39, 0.29) is 6.04 Å². The van der Waals surface area contributed by atoms with Crippen LogP contribution in [0.2, 0.25) is 0 Å². The molecule has 0 bridgehead atoms. The van der Waals surface area contributed by atoms with Gasteiger partial charge in [-0.05, 0) is 36.8 Å². The third kappa shape index (κ3) is 4.48. The molecule has 10 heteroatoms. The van der Waals surface area contributed by atoms with Crippen LogP contribution in [-0.2, 0) is 14.4 Å². The second-order valence-corrected chi connectivity index (χ2v) is 7.48. The summed E-state index contributed by atoms with van der Waals surface area (Å²) in [4.78, 5) is 47.5. The van der Waals surface area contributed by atoms with Gasteiger partial charge in [-0.15, -0.1) is 0 Å². The Kier molecular flexibility index (Phi) is 5.93. The normalized spacial score (nSPS) is 16.5. The number of nitrogens with zero attached hydrogens (tertiary/aromatic N) is 3. The van der Waals surface area contributed by atoms with Crippen molar-refractivity contribution in [3.05, 3.63) is 58.6 Å². The van der Waals surface area contributed by atoms with Crippen molar-refractivity contribution in [1.82, 2.24) is 9.88 Å². The van der Waals surface area contributed by atoms with Gasteiger partial charge in [0.2, 0.25) is 0 Å². The van der Waals surface area contributed by atoms with Crippen LogP contribution in [0.25, 0.3) is 11.1 Å². The number of H-pyrrole nitrogens is 1. The molecule has 166 valence electrons. The van der Waals surface area contributed by atoms with Crippen LogP contribution in [0, 0.1) is 0 Å². The molecular formula is C22H23N5O5. The van der Waals surface area contributed by atoms with Crippen LogP contribution in [0.3, 0.4) is 0 Å². The van der Waals surface area contributed by atoms with E-state index in [0.29, 0.717) is 36.4 Å². The Morgan fingerprint density at radius 1 is 1.22 bits per heavy atom. The van der Waals surface area contributed by atoms with E-state index >= 15 is 0 Å². The molecule has 1 saturated heterocycles. The maximum absolute atomic E-state index is 12.8. The van der Waals surface area contributed by atoms with Crippen LogP contribution >= 0.6 is 0 Å². The van der Waals surface area contributed by atoms with Crippen molar-refractivity contribution in [3.8, 4) is 0 Å². The van der Waals surface area contributed by atoms with E-state index in [4.69, 9.17) is 4.42 Å². The molecule has 1 atom stereocenters. The van der Waals surface area contributed by atoms with E-state index in [0.717, 1.165) is 11.3 Å². The molecule has 4 rings (SSSR count). The number of carbonyl (C=O) groups is 2. The average Bonchev–Trinajstić information content (AvgIpc) is 3.16. The molecule has 2 aromatic carbocycles. The third-order valence-electron chi connectivity index (χ3n) is 5.33. The lowest BCUT2D eigenvalue weighted by molar-refractivity contribution is -0.144. The largest absolute Gasteiger partial charge is 0.417 e. The smallest absolute Gasteiger partial charge is 0.408 e. The summed E-state index contributed by atoms with van der Waals surface area (Å²) in [7, 11) is 1.49. The second kappa shape index (κ2) is 8.96. The highest BCUT2D eigenvalue weighted by molar-refractivity contribution is 6.39. The number of hydrogen-bond donors (Lipinski definition) is 2. The van der Waals surface area contributed by atoms with E-state index in [2.05, 4.69) is 25.2 Å². The number of aromatic nitrogens is 1. The molecule has 2 N–H and O–H groups in total. The number of oxime groups is 1. The van der Waals surface area contributed by atoms with Crippen LogP contribution in [-0.4, -0.2) is 60.7 Å². The summed E-state index contributed by atoms with van der Waals surface area (Å²) in [6.07, 6.45) is 1.63. The Morgan fingerprint density at radius 2 is 2.00 bits per heavy atom. The van der Waals surface area contributed by atoms with Crippen LogP contribution in [0.1, 0.15) is 12.5 Å². The first-order valence-electron chi connectivity index (χ1n) is 10.1. The minimum atomic E-state index is -0.732. The van der Waals surface area contributed by atoms with Gasteiger partial charge in [-0.3, -0.25) is 14.6 Å². The van der Waals surface area contributed by atoms with Crippen LogP contribution in [0.5, 0.6) is 0 Å². The molecule has 1 aliphatic rings. The number of amides is 2. The van der Waals surface area contributed by atoms with Gasteiger partial charge in [0.25, 0.3) is 0 Å². The summed E-state index contributed by atoms with van der Waals surface area (Å²) >= 11 is 0. The first-order valence-corrected chi connectivity index (χ1v) is 10.1. The highest BCUT2D eigenvalue weighted by Crippen LogP contribution is 2.21. The summed E-state index contributed by atoms with van der Waals surface area (Å²) in [6, 6.07) is 12.4. The lowest BCUT2D eigenvalue weighted by atomic mass is 10.1. The molecule has 0 saturated carbocycles. The average molecular weight is 437 g/mol. The number of anilines is 2. The number of rotatable bonds is 4. The predicted octanol–water partition coefficient (Wildman–Crippen LogP) is 1.78. The first-order chi connectivity index (χ1) is 15.4. The molecule has 10 nitrogen and oxygen atoms in total. The van der Waals surface area contributed by atoms with Crippen molar-refractivity contribution in [3.63, 3.8) is 0 Å². The Morgan fingerprint density at radius 3 is 2.72 bits per heavy atom. The molecule has 1 fully saturated rings.